The van der Waals surface area contributed by atoms with E-state index in [9.17, 15) is 0 Å². The lowest BCUT2D eigenvalue weighted by molar-refractivity contribution is 0.376. The smallest absolute Gasteiger partial charge is 0.0715 e. The molecule has 1 fully saturated rings. The van der Waals surface area contributed by atoms with E-state index in [1.807, 2.05) is 12.3 Å². The van der Waals surface area contributed by atoms with Crippen LogP contribution in [-0.2, 0) is 0 Å². The van der Waals surface area contributed by atoms with E-state index >= 15 is 0 Å². The van der Waals surface area contributed by atoms with Crippen LogP contribution in [0.1, 0.15) is 29.7 Å². The van der Waals surface area contributed by atoms with Gasteiger partial charge in [-0.05, 0) is 73.1 Å². The van der Waals surface area contributed by atoms with Crippen molar-refractivity contribution in [2.45, 2.75) is 19.8 Å². The molecule has 1 aliphatic rings. The van der Waals surface area contributed by atoms with Gasteiger partial charge in [-0.3, -0.25) is 9.88 Å². The first-order valence-electron chi connectivity index (χ1n) is 7.83. The van der Waals surface area contributed by atoms with Crippen LogP contribution in [0.5, 0.6) is 0 Å². The van der Waals surface area contributed by atoms with Crippen molar-refractivity contribution in [3.63, 3.8) is 0 Å². The lowest BCUT2D eigenvalue weighted by atomic mass is 10.0. The van der Waals surface area contributed by atoms with Gasteiger partial charge in [-0.2, -0.15) is 0 Å². The molecule has 114 valence electrons. The average molecular weight is 404 g/mol. The lowest BCUT2D eigenvalue weighted by Crippen LogP contribution is -2.21. The zero-order valence-corrected chi connectivity index (χ0v) is 15.1. The summed E-state index contributed by atoms with van der Waals surface area (Å²) in [5.74, 6) is 0. The van der Waals surface area contributed by atoms with Crippen LogP contribution in [0.3, 0.4) is 0 Å². The molecule has 2 heterocycles. The second-order valence-electron chi connectivity index (χ2n) is 5.84. The van der Waals surface area contributed by atoms with Crippen LogP contribution in [0.4, 0.5) is 0 Å². The fourth-order valence-corrected chi connectivity index (χ4v) is 3.96. The average Bonchev–Trinajstić information content (AvgIpc) is 3.03. The molecule has 0 saturated carbocycles. The highest BCUT2D eigenvalue weighted by Gasteiger charge is 2.16. The Morgan fingerprint density at radius 3 is 2.45 bits per heavy atom. The van der Waals surface area contributed by atoms with Gasteiger partial charge in [0.2, 0.25) is 0 Å². The van der Waals surface area contributed by atoms with E-state index in [1.54, 1.807) is 0 Å². The van der Waals surface area contributed by atoms with E-state index < -0.39 is 0 Å². The SMILES string of the molecule is Cc1ccc(C(=C(I)CN2CCCC2)c2ccccn2)cc1. The zero-order valence-electron chi connectivity index (χ0n) is 12.9. The van der Waals surface area contributed by atoms with E-state index in [2.05, 4.69) is 75.8 Å². The van der Waals surface area contributed by atoms with Crippen LogP contribution in [-0.4, -0.2) is 29.5 Å². The normalized spacial score (nSPS) is 16.6. The summed E-state index contributed by atoms with van der Waals surface area (Å²) in [6.07, 6.45) is 4.53. The molecular weight excluding hydrogens is 383 g/mol. The van der Waals surface area contributed by atoms with Crippen molar-refractivity contribution in [1.29, 1.82) is 0 Å². The second kappa shape index (κ2) is 7.38. The number of aryl methyl sites for hydroxylation is 1. The van der Waals surface area contributed by atoms with Gasteiger partial charge in [0.1, 0.15) is 0 Å². The number of aromatic nitrogens is 1. The van der Waals surface area contributed by atoms with Gasteiger partial charge in [-0.1, -0.05) is 35.9 Å². The Labute approximate surface area is 146 Å². The van der Waals surface area contributed by atoms with Gasteiger partial charge in [0.25, 0.3) is 0 Å². The van der Waals surface area contributed by atoms with Crippen LogP contribution in [0.25, 0.3) is 5.57 Å². The standard InChI is InChI=1S/C19H21IN2/c1-15-7-9-16(10-8-15)19(18-6-2-3-11-21-18)17(20)14-22-12-4-5-13-22/h2-3,6-11H,4-5,12-14H2,1H3. The van der Waals surface area contributed by atoms with Crippen LogP contribution in [0.15, 0.2) is 52.2 Å². The number of likely N-dealkylation sites (tertiary alicyclic amines) is 1. The fourth-order valence-electron chi connectivity index (χ4n) is 2.89. The molecule has 0 unspecified atom stereocenters. The van der Waals surface area contributed by atoms with Gasteiger partial charge < -0.3 is 0 Å². The molecule has 0 amide bonds. The lowest BCUT2D eigenvalue weighted by Gasteiger charge is -2.18. The van der Waals surface area contributed by atoms with Crippen LogP contribution >= 0.6 is 22.6 Å². The van der Waals surface area contributed by atoms with Crippen molar-refractivity contribution in [1.82, 2.24) is 9.88 Å². The number of hydrogen-bond acceptors (Lipinski definition) is 2. The number of halogens is 1. The highest BCUT2D eigenvalue weighted by molar-refractivity contribution is 14.1. The number of pyridine rings is 1. The van der Waals surface area contributed by atoms with Crippen LogP contribution in [0, 0.1) is 6.92 Å². The maximum Gasteiger partial charge on any atom is 0.0715 e. The number of hydrogen-bond donors (Lipinski definition) is 0. The Morgan fingerprint density at radius 2 is 1.82 bits per heavy atom. The Kier molecular flexibility index (Phi) is 5.26. The van der Waals surface area contributed by atoms with Gasteiger partial charge in [-0.15, -0.1) is 0 Å². The first kappa shape index (κ1) is 15.7. The summed E-state index contributed by atoms with van der Waals surface area (Å²) in [5.41, 5.74) is 4.88. The summed E-state index contributed by atoms with van der Waals surface area (Å²) < 4.78 is 1.38. The Bertz CT molecular complexity index is 641. The third-order valence-electron chi connectivity index (χ3n) is 4.09. The zero-order chi connectivity index (χ0) is 15.4. The maximum absolute atomic E-state index is 4.59. The van der Waals surface area contributed by atoms with Gasteiger partial charge in [0.15, 0.2) is 0 Å². The van der Waals surface area contributed by atoms with E-state index in [1.165, 1.54) is 46.2 Å². The Balaban J connectivity index is 2.00. The summed E-state index contributed by atoms with van der Waals surface area (Å²) >= 11 is 2.51. The highest BCUT2D eigenvalue weighted by atomic mass is 127. The third-order valence-corrected chi connectivity index (χ3v) is 4.97. The molecule has 0 N–H and O–H groups in total. The molecule has 0 radical (unpaired) electrons. The molecule has 1 aromatic heterocycles. The molecule has 2 nitrogen and oxygen atoms in total. The van der Waals surface area contributed by atoms with Crippen molar-refractivity contribution >= 4 is 28.2 Å². The van der Waals surface area contributed by atoms with E-state index in [0.717, 1.165) is 12.2 Å². The largest absolute Gasteiger partial charge is 0.299 e. The second-order valence-corrected chi connectivity index (χ2v) is 7.15. The monoisotopic (exact) mass is 404 g/mol. The van der Waals surface area contributed by atoms with Crippen molar-refractivity contribution in [3.8, 4) is 0 Å². The minimum Gasteiger partial charge on any atom is -0.299 e. The molecule has 2 aromatic rings. The minimum absolute atomic E-state index is 1.03. The predicted molar refractivity (Wildman–Crippen MR) is 101 cm³/mol. The third kappa shape index (κ3) is 3.76. The van der Waals surface area contributed by atoms with E-state index in [-0.39, 0.29) is 0 Å². The molecule has 0 aliphatic carbocycles. The molecule has 1 aliphatic heterocycles. The summed E-state index contributed by atoms with van der Waals surface area (Å²) in [5, 5.41) is 0. The maximum atomic E-state index is 4.59. The Morgan fingerprint density at radius 1 is 1.09 bits per heavy atom. The Hall–Kier alpha value is -1.20. The van der Waals surface area contributed by atoms with E-state index in [0.29, 0.717) is 0 Å². The molecule has 0 atom stereocenters. The molecule has 0 spiro atoms. The van der Waals surface area contributed by atoms with Crippen molar-refractivity contribution in [3.05, 3.63) is 69.1 Å². The van der Waals surface area contributed by atoms with E-state index in [4.69, 9.17) is 0 Å². The van der Waals surface area contributed by atoms with Gasteiger partial charge >= 0.3 is 0 Å². The molecule has 3 heteroatoms. The molecule has 1 saturated heterocycles. The molecular formula is C19H21IN2. The van der Waals surface area contributed by atoms with Crippen molar-refractivity contribution in [2.75, 3.05) is 19.6 Å². The van der Waals surface area contributed by atoms with Gasteiger partial charge in [0, 0.05) is 21.9 Å². The topological polar surface area (TPSA) is 16.1 Å². The summed E-state index contributed by atoms with van der Waals surface area (Å²) in [6, 6.07) is 14.9. The first-order valence-corrected chi connectivity index (χ1v) is 8.91. The quantitative estimate of drug-likeness (QED) is 0.688. The number of benzene rings is 1. The number of nitrogens with zero attached hydrogens (tertiary/aromatic N) is 2. The molecule has 1 aromatic carbocycles. The minimum atomic E-state index is 1.03. The summed E-state index contributed by atoms with van der Waals surface area (Å²) in [6.45, 7) is 5.59. The first-order chi connectivity index (χ1) is 10.7. The fraction of sp³-hybridized carbons (Fsp3) is 0.316. The molecule has 3 rings (SSSR count). The highest BCUT2D eigenvalue weighted by Crippen LogP contribution is 2.30. The van der Waals surface area contributed by atoms with Gasteiger partial charge in [-0.25, -0.2) is 0 Å². The summed E-state index contributed by atoms with van der Waals surface area (Å²) in [4.78, 5) is 7.13. The van der Waals surface area contributed by atoms with Gasteiger partial charge in [0.05, 0.1) is 5.69 Å². The van der Waals surface area contributed by atoms with Crippen LogP contribution in [0.2, 0.25) is 0 Å². The molecule has 22 heavy (non-hydrogen) atoms. The van der Waals surface area contributed by atoms with Crippen LogP contribution < -0.4 is 0 Å². The van der Waals surface area contributed by atoms with Crippen molar-refractivity contribution in [2.24, 2.45) is 0 Å². The predicted octanol–water partition coefficient (Wildman–Crippen LogP) is 4.68. The molecule has 0 bridgehead atoms. The summed E-state index contributed by atoms with van der Waals surface area (Å²) in [7, 11) is 0. The number of rotatable bonds is 4. The van der Waals surface area contributed by atoms with Crippen molar-refractivity contribution < 1.29 is 0 Å².